The Labute approximate surface area is 185 Å². The van der Waals surface area contributed by atoms with Crippen LogP contribution in [0.2, 0.25) is 0 Å². The molecular formula is C24H25F3N4O. The second kappa shape index (κ2) is 9.46. The molecule has 2 N–H and O–H groups in total. The highest BCUT2D eigenvalue weighted by molar-refractivity contribution is 5.64. The largest absolute Gasteiger partial charge is 0.490 e. The van der Waals surface area contributed by atoms with E-state index in [1.54, 1.807) is 24.3 Å². The van der Waals surface area contributed by atoms with E-state index in [0.717, 1.165) is 43.1 Å². The summed E-state index contributed by atoms with van der Waals surface area (Å²) in [5, 5.41) is 5.77. The Morgan fingerprint density at radius 3 is 2.34 bits per heavy atom. The maximum atomic E-state index is 13.5. The van der Waals surface area contributed by atoms with Crippen molar-refractivity contribution in [3.63, 3.8) is 0 Å². The van der Waals surface area contributed by atoms with Crippen molar-refractivity contribution in [2.75, 3.05) is 10.6 Å². The van der Waals surface area contributed by atoms with Crippen LogP contribution >= 0.6 is 0 Å². The summed E-state index contributed by atoms with van der Waals surface area (Å²) in [4.78, 5) is 7.96. The number of ether oxygens (including phenoxy) is 1. The van der Waals surface area contributed by atoms with E-state index >= 15 is 0 Å². The highest BCUT2D eigenvalue weighted by Crippen LogP contribution is 2.36. The van der Waals surface area contributed by atoms with Crippen molar-refractivity contribution >= 4 is 23.1 Å². The van der Waals surface area contributed by atoms with Crippen LogP contribution in [0.3, 0.4) is 0 Å². The van der Waals surface area contributed by atoms with Gasteiger partial charge in [0.15, 0.2) is 0 Å². The Bertz CT molecular complexity index is 1050. The number of anilines is 4. The number of aryl methyl sites for hydroxylation is 1. The molecule has 1 aliphatic rings. The fraction of sp³-hybridized carbons (Fsp3) is 0.333. The normalized spacial score (nSPS) is 14.8. The van der Waals surface area contributed by atoms with E-state index in [1.807, 2.05) is 31.2 Å². The molecule has 1 aliphatic carbocycles. The molecule has 5 nitrogen and oxygen atoms in total. The van der Waals surface area contributed by atoms with Gasteiger partial charge in [-0.15, -0.1) is 0 Å². The summed E-state index contributed by atoms with van der Waals surface area (Å²) in [5.74, 6) is 0.472. The summed E-state index contributed by atoms with van der Waals surface area (Å²) >= 11 is 0. The van der Waals surface area contributed by atoms with Gasteiger partial charge in [0.1, 0.15) is 17.1 Å². The molecule has 0 atom stereocenters. The van der Waals surface area contributed by atoms with Gasteiger partial charge in [0.2, 0.25) is 5.95 Å². The lowest BCUT2D eigenvalue weighted by atomic mass is 9.98. The number of alkyl halides is 3. The van der Waals surface area contributed by atoms with Crippen LogP contribution in [-0.2, 0) is 6.18 Å². The van der Waals surface area contributed by atoms with Crippen LogP contribution in [0.15, 0.2) is 54.7 Å². The zero-order valence-corrected chi connectivity index (χ0v) is 17.7. The maximum Gasteiger partial charge on any atom is 0.421 e. The van der Waals surface area contributed by atoms with Gasteiger partial charge in [0.05, 0.1) is 6.10 Å². The number of hydrogen-bond acceptors (Lipinski definition) is 5. The Kier molecular flexibility index (Phi) is 6.48. The van der Waals surface area contributed by atoms with Crippen molar-refractivity contribution in [3.05, 3.63) is 65.9 Å². The summed E-state index contributed by atoms with van der Waals surface area (Å²) < 4.78 is 46.6. The number of aromatic nitrogens is 2. The highest BCUT2D eigenvalue weighted by Gasteiger charge is 2.35. The third-order valence-electron chi connectivity index (χ3n) is 5.46. The van der Waals surface area contributed by atoms with Gasteiger partial charge in [-0.25, -0.2) is 4.98 Å². The predicted molar refractivity (Wildman–Crippen MR) is 119 cm³/mol. The van der Waals surface area contributed by atoms with Crippen LogP contribution < -0.4 is 15.4 Å². The van der Waals surface area contributed by atoms with Crippen molar-refractivity contribution in [1.29, 1.82) is 0 Å². The second-order valence-corrected chi connectivity index (χ2v) is 7.92. The first kappa shape index (κ1) is 21.9. The van der Waals surface area contributed by atoms with Crippen LogP contribution in [0, 0.1) is 6.92 Å². The minimum Gasteiger partial charge on any atom is -0.490 e. The molecule has 4 rings (SSSR count). The van der Waals surface area contributed by atoms with Gasteiger partial charge in [-0.3, -0.25) is 0 Å². The molecule has 2 aromatic carbocycles. The third-order valence-corrected chi connectivity index (χ3v) is 5.46. The summed E-state index contributed by atoms with van der Waals surface area (Å²) in [6.45, 7) is 1.89. The van der Waals surface area contributed by atoms with Crippen LogP contribution in [0.5, 0.6) is 5.75 Å². The molecule has 0 bridgehead atoms. The first-order valence-corrected chi connectivity index (χ1v) is 10.7. The van der Waals surface area contributed by atoms with E-state index in [4.69, 9.17) is 4.74 Å². The van der Waals surface area contributed by atoms with Gasteiger partial charge < -0.3 is 15.4 Å². The van der Waals surface area contributed by atoms with Crippen molar-refractivity contribution in [1.82, 2.24) is 9.97 Å². The molecular weight excluding hydrogens is 417 g/mol. The fourth-order valence-electron chi connectivity index (χ4n) is 3.71. The lowest BCUT2D eigenvalue weighted by Crippen LogP contribution is -2.19. The molecule has 8 heteroatoms. The van der Waals surface area contributed by atoms with Crippen LogP contribution in [0.4, 0.5) is 36.3 Å². The minimum atomic E-state index is -4.59. The molecule has 0 unspecified atom stereocenters. The van der Waals surface area contributed by atoms with Crippen molar-refractivity contribution < 1.29 is 17.9 Å². The quantitative estimate of drug-likeness (QED) is 0.430. The molecule has 3 aromatic rings. The standard InChI is InChI=1S/C24H25F3N4O/c1-16-7-5-6-10-21(16)30-23-28-15-20(24(25,26)27)22(31-23)29-17-11-13-19(14-12-17)32-18-8-3-2-4-9-18/h5-7,10-15,18H,2-4,8-9H2,1H3,(H2,28,29,30,31). The van der Waals surface area contributed by atoms with Crippen LogP contribution in [-0.4, -0.2) is 16.1 Å². The molecule has 0 saturated heterocycles. The number of para-hydroxylation sites is 1. The Hall–Kier alpha value is -3.29. The monoisotopic (exact) mass is 442 g/mol. The lowest BCUT2D eigenvalue weighted by Gasteiger charge is -2.23. The summed E-state index contributed by atoms with van der Waals surface area (Å²) in [5.41, 5.74) is 1.20. The molecule has 1 saturated carbocycles. The molecule has 168 valence electrons. The average molecular weight is 442 g/mol. The van der Waals surface area contributed by atoms with Gasteiger partial charge >= 0.3 is 6.18 Å². The maximum absolute atomic E-state index is 13.5. The Balaban J connectivity index is 1.53. The van der Waals surface area contributed by atoms with Gasteiger partial charge in [0.25, 0.3) is 0 Å². The molecule has 0 aliphatic heterocycles. The molecule has 1 aromatic heterocycles. The number of hydrogen-bond donors (Lipinski definition) is 2. The fourth-order valence-corrected chi connectivity index (χ4v) is 3.71. The van der Waals surface area contributed by atoms with Gasteiger partial charge in [-0.05, 0) is 68.5 Å². The first-order chi connectivity index (χ1) is 15.4. The average Bonchev–Trinajstić information content (AvgIpc) is 2.77. The minimum absolute atomic E-state index is 0.0760. The zero-order chi connectivity index (χ0) is 22.6. The number of nitrogens with one attached hydrogen (secondary N) is 2. The van der Waals surface area contributed by atoms with Crippen molar-refractivity contribution in [2.45, 2.75) is 51.3 Å². The van der Waals surface area contributed by atoms with Crippen molar-refractivity contribution in [3.8, 4) is 5.75 Å². The first-order valence-electron chi connectivity index (χ1n) is 10.7. The summed E-state index contributed by atoms with van der Waals surface area (Å²) in [7, 11) is 0. The topological polar surface area (TPSA) is 59.1 Å². The van der Waals surface area contributed by atoms with E-state index in [0.29, 0.717) is 11.4 Å². The molecule has 0 amide bonds. The molecule has 0 spiro atoms. The van der Waals surface area contributed by atoms with Crippen LogP contribution in [0.1, 0.15) is 43.2 Å². The number of halogens is 3. The SMILES string of the molecule is Cc1ccccc1Nc1ncc(C(F)(F)F)c(Nc2ccc(OC3CCCCC3)cc2)n1. The lowest BCUT2D eigenvalue weighted by molar-refractivity contribution is -0.137. The number of rotatable bonds is 6. The van der Waals surface area contributed by atoms with Crippen molar-refractivity contribution in [2.24, 2.45) is 0 Å². The molecule has 0 radical (unpaired) electrons. The van der Waals surface area contributed by atoms with E-state index in [9.17, 15) is 13.2 Å². The number of nitrogens with zero attached hydrogens (tertiary/aromatic N) is 2. The van der Waals surface area contributed by atoms with E-state index in [-0.39, 0.29) is 17.9 Å². The number of benzene rings is 2. The van der Waals surface area contributed by atoms with E-state index in [1.165, 1.54) is 6.42 Å². The van der Waals surface area contributed by atoms with Gasteiger partial charge in [0, 0.05) is 17.6 Å². The van der Waals surface area contributed by atoms with E-state index in [2.05, 4.69) is 20.6 Å². The highest BCUT2D eigenvalue weighted by atomic mass is 19.4. The summed E-state index contributed by atoms with van der Waals surface area (Å²) in [6.07, 6.45) is 2.04. The third kappa shape index (κ3) is 5.49. The molecule has 32 heavy (non-hydrogen) atoms. The molecule has 1 fully saturated rings. The second-order valence-electron chi connectivity index (χ2n) is 7.92. The summed E-state index contributed by atoms with van der Waals surface area (Å²) in [6, 6.07) is 14.3. The predicted octanol–water partition coefficient (Wildman–Crippen LogP) is 7.00. The Morgan fingerprint density at radius 1 is 0.938 bits per heavy atom. The van der Waals surface area contributed by atoms with Crippen LogP contribution in [0.25, 0.3) is 0 Å². The molecule has 1 heterocycles. The zero-order valence-electron chi connectivity index (χ0n) is 17.7. The van der Waals surface area contributed by atoms with Gasteiger partial charge in [-0.1, -0.05) is 24.6 Å². The smallest absolute Gasteiger partial charge is 0.421 e. The Morgan fingerprint density at radius 2 is 1.66 bits per heavy atom. The van der Waals surface area contributed by atoms with Gasteiger partial charge in [-0.2, -0.15) is 18.2 Å². The van der Waals surface area contributed by atoms with E-state index < -0.39 is 11.7 Å².